The maximum atomic E-state index is 11.7. The molecule has 4 rings (SSSR count). The van der Waals surface area contributed by atoms with E-state index in [1.807, 2.05) is 0 Å². The number of aryl methyl sites for hydroxylation is 1. The molecule has 38 heavy (non-hydrogen) atoms. The standard InChI is InChI=1S/C16H23NO.C11H22N2.C3H5F2NO/c1-4-11-16(3)14(9-10-15(18)17-16)13-7-5-12(2)6-8-13;1-2-10-3-4-11(9-10)13-7-5-12-6-8-13;1-2(7)3(4,5)6/h5-8,14H,4,9-11H2,1-3H3,(H,17,18);10-12H,2-9H2,1H3;7H,1,6H2. The van der Waals surface area contributed by atoms with E-state index in [1.165, 1.54) is 63.0 Å². The van der Waals surface area contributed by atoms with Gasteiger partial charge in [0.25, 0.3) is 0 Å². The van der Waals surface area contributed by atoms with E-state index in [4.69, 9.17) is 5.11 Å². The molecule has 6 nitrogen and oxygen atoms in total. The van der Waals surface area contributed by atoms with Crippen LogP contribution in [0.5, 0.6) is 0 Å². The van der Waals surface area contributed by atoms with Crippen LogP contribution in [0.25, 0.3) is 0 Å². The van der Waals surface area contributed by atoms with Crippen molar-refractivity contribution in [1.82, 2.24) is 15.5 Å². The number of benzene rings is 1. The molecule has 8 heteroatoms. The van der Waals surface area contributed by atoms with Crippen LogP contribution in [0.15, 0.2) is 36.6 Å². The fourth-order valence-corrected chi connectivity index (χ4v) is 5.95. The number of nitrogens with zero attached hydrogens (tertiary/aromatic N) is 1. The number of piperidine rings is 1. The van der Waals surface area contributed by atoms with Gasteiger partial charge in [-0.25, -0.2) is 0 Å². The summed E-state index contributed by atoms with van der Waals surface area (Å²) in [4.78, 5) is 14.4. The molecule has 2 saturated heterocycles. The van der Waals surface area contributed by atoms with Gasteiger partial charge in [0.2, 0.25) is 5.91 Å². The number of hydrogen-bond donors (Lipinski definition) is 4. The van der Waals surface area contributed by atoms with E-state index in [9.17, 15) is 13.6 Å². The van der Waals surface area contributed by atoms with E-state index >= 15 is 0 Å². The number of aliphatic hydroxyl groups excluding tert-OH is 1. The largest absolute Gasteiger partial charge is 0.506 e. The van der Waals surface area contributed by atoms with E-state index in [0.717, 1.165) is 31.2 Å². The van der Waals surface area contributed by atoms with Gasteiger partial charge in [-0.2, -0.15) is 8.78 Å². The first-order valence-electron chi connectivity index (χ1n) is 14.3. The average Bonchev–Trinajstić information content (AvgIpc) is 3.35. The number of nitrogens with one attached hydrogen (secondary N) is 2. The average molecular weight is 537 g/mol. The minimum atomic E-state index is -3.64. The molecule has 1 saturated carbocycles. The molecular weight excluding hydrogens is 486 g/mol. The third-order valence-corrected chi connectivity index (χ3v) is 8.25. The molecule has 4 unspecified atom stereocenters. The van der Waals surface area contributed by atoms with Gasteiger partial charge in [0.1, 0.15) is 0 Å². The van der Waals surface area contributed by atoms with Crippen LogP contribution in [-0.2, 0) is 4.79 Å². The van der Waals surface area contributed by atoms with Crippen LogP contribution < -0.4 is 16.4 Å². The van der Waals surface area contributed by atoms with Gasteiger partial charge in [-0.1, -0.05) is 63.1 Å². The third-order valence-electron chi connectivity index (χ3n) is 8.25. The molecule has 0 aromatic heterocycles. The molecule has 3 aliphatic rings. The number of nitrogens with two attached hydrogens (primary N) is 1. The van der Waals surface area contributed by atoms with E-state index < -0.39 is 11.8 Å². The Balaban J connectivity index is 0.000000221. The minimum absolute atomic E-state index is 0.0840. The van der Waals surface area contributed by atoms with E-state index in [1.54, 1.807) is 0 Å². The fraction of sp³-hybridized carbons (Fsp3) is 0.700. The first kappa shape index (κ1) is 32.2. The molecule has 2 aliphatic heterocycles. The van der Waals surface area contributed by atoms with Crippen LogP contribution >= 0.6 is 0 Å². The number of rotatable bonds is 6. The molecule has 1 amide bonds. The first-order valence-corrected chi connectivity index (χ1v) is 14.3. The van der Waals surface area contributed by atoms with Crippen molar-refractivity contribution < 1.29 is 18.7 Å². The van der Waals surface area contributed by atoms with Gasteiger partial charge in [-0.05, 0) is 57.4 Å². The molecule has 0 bridgehead atoms. The quantitative estimate of drug-likeness (QED) is 0.280. The van der Waals surface area contributed by atoms with Crippen molar-refractivity contribution in [2.45, 2.75) is 103 Å². The van der Waals surface area contributed by atoms with E-state index in [2.05, 4.69) is 79.8 Å². The molecule has 4 atom stereocenters. The summed E-state index contributed by atoms with van der Waals surface area (Å²) in [6, 6.07) is 6.04. The highest BCUT2D eigenvalue weighted by Crippen LogP contribution is 2.38. The second kappa shape index (κ2) is 14.9. The Morgan fingerprint density at radius 1 is 1.18 bits per heavy atom. The number of piperazine rings is 1. The van der Waals surface area contributed by atoms with E-state index in [-0.39, 0.29) is 11.4 Å². The Morgan fingerprint density at radius 3 is 2.29 bits per heavy atom. The monoisotopic (exact) mass is 536 g/mol. The number of aliphatic hydroxyl groups is 1. The lowest BCUT2D eigenvalue weighted by Gasteiger charge is -2.42. The van der Waals surface area contributed by atoms with Crippen molar-refractivity contribution >= 4 is 5.91 Å². The van der Waals surface area contributed by atoms with Crippen LogP contribution in [-0.4, -0.2) is 59.7 Å². The van der Waals surface area contributed by atoms with Crippen molar-refractivity contribution in [3.8, 4) is 0 Å². The predicted octanol–water partition coefficient (Wildman–Crippen LogP) is 5.63. The molecule has 5 N–H and O–H groups in total. The number of hydrogen-bond acceptors (Lipinski definition) is 5. The molecule has 1 aromatic carbocycles. The van der Waals surface area contributed by atoms with Gasteiger partial charge in [0, 0.05) is 50.1 Å². The molecule has 1 aliphatic carbocycles. The van der Waals surface area contributed by atoms with Gasteiger partial charge in [-0.15, -0.1) is 0 Å². The van der Waals surface area contributed by atoms with Crippen molar-refractivity contribution in [2.24, 2.45) is 11.7 Å². The van der Waals surface area contributed by atoms with Crippen LogP contribution in [0.3, 0.4) is 0 Å². The van der Waals surface area contributed by atoms with Crippen LogP contribution in [0.2, 0.25) is 0 Å². The van der Waals surface area contributed by atoms with Crippen molar-refractivity contribution in [3.63, 3.8) is 0 Å². The number of carbonyl (C=O) groups excluding carboxylic acids is 1. The SMILES string of the molecule is C=C(O)C(N)(F)F.CCC1CCC(N2CCNCC2)C1.CCCC1(C)NC(=O)CCC1c1ccc(C)cc1. The van der Waals surface area contributed by atoms with Crippen molar-refractivity contribution in [2.75, 3.05) is 26.2 Å². The van der Waals surface area contributed by atoms with Crippen molar-refractivity contribution in [1.29, 1.82) is 0 Å². The summed E-state index contributed by atoms with van der Waals surface area (Å²) in [6.07, 6.45) is 9.54. The van der Waals surface area contributed by atoms with E-state index in [0.29, 0.717) is 12.3 Å². The van der Waals surface area contributed by atoms with Crippen LogP contribution in [0.1, 0.15) is 89.2 Å². The Bertz CT molecular complexity index is 868. The summed E-state index contributed by atoms with van der Waals surface area (Å²) in [5.74, 6) is 0.359. The Hall–Kier alpha value is -2.03. The predicted molar refractivity (Wildman–Crippen MR) is 151 cm³/mol. The Labute approximate surface area is 228 Å². The Kier molecular flexibility index (Phi) is 12.7. The number of amides is 1. The van der Waals surface area contributed by atoms with Gasteiger partial charge >= 0.3 is 6.05 Å². The lowest BCUT2D eigenvalue weighted by molar-refractivity contribution is -0.125. The number of carbonyl (C=O) groups is 1. The lowest BCUT2D eigenvalue weighted by atomic mass is 9.72. The second-order valence-electron chi connectivity index (χ2n) is 11.3. The van der Waals surface area contributed by atoms with Gasteiger partial charge < -0.3 is 15.7 Å². The second-order valence-corrected chi connectivity index (χ2v) is 11.3. The molecule has 216 valence electrons. The highest BCUT2D eigenvalue weighted by molar-refractivity contribution is 5.78. The Morgan fingerprint density at radius 2 is 1.79 bits per heavy atom. The zero-order valence-electron chi connectivity index (χ0n) is 23.9. The zero-order chi connectivity index (χ0) is 28.3. The summed E-state index contributed by atoms with van der Waals surface area (Å²) >= 11 is 0. The normalized spacial score (nSPS) is 27.9. The third kappa shape index (κ3) is 9.93. The number of halogens is 2. The molecule has 0 spiro atoms. The summed E-state index contributed by atoms with van der Waals surface area (Å²) in [6.45, 7) is 16.3. The fourth-order valence-electron chi connectivity index (χ4n) is 5.95. The minimum Gasteiger partial charge on any atom is -0.506 e. The smallest absolute Gasteiger partial charge is 0.357 e. The maximum absolute atomic E-state index is 11.7. The van der Waals surface area contributed by atoms with Crippen molar-refractivity contribution in [3.05, 3.63) is 47.7 Å². The van der Waals surface area contributed by atoms with Gasteiger partial charge in [-0.3, -0.25) is 15.4 Å². The number of alkyl halides is 2. The maximum Gasteiger partial charge on any atom is 0.357 e. The molecule has 0 radical (unpaired) electrons. The summed E-state index contributed by atoms with van der Waals surface area (Å²) in [7, 11) is 0. The topological polar surface area (TPSA) is 90.6 Å². The molecule has 1 aromatic rings. The summed E-state index contributed by atoms with van der Waals surface area (Å²) in [5.41, 5.74) is 6.56. The highest BCUT2D eigenvalue weighted by atomic mass is 19.3. The molecular formula is C30H50F2N4O2. The summed E-state index contributed by atoms with van der Waals surface area (Å²) in [5, 5.41) is 14.5. The summed E-state index contributed by atoms with van der Waals surface area (Å²) < 4.78 is 22.5. The van der Waals surface area contributed by atoms with Crippen LogP contribution in [0.4, 0.5) is 8.78 Å². The van der Waals surface area contributed by atoms with Gasteiger partial charge in [0.05, 0.1) is 0 Å². The van der Waals surface area contributed by atoms with Gasteiger partial charge in [0.15, 0.2) is 5.76 Å². The zero-order valence-corrected chi connectivity index (χ0v) is 23.9. The highest BCUT2D eigenvalue weighted by Gasteiger charge is 2.39. The lowest BCUT2D eigenvalue weighted by Crippen LogP contribution is -2.53. The molecule has 3 fully saturated rings. The van der Waals surface area contributed by atoms with Crippen LogP contribution in [0, 0.1) is 12.8 Å². The molecule has 2 heterocycles. The first-order chi connectivity index (χ1) is 17.9.